The largest absolute Gasteiger partial charge is 0.356 e. The van der Waals surface area contributed by atoms with E-state index in [-0.39, 0.29) is 5.82 Å². The van der Waals surface area contributed by atoms with Crippen molar-refractivity contribution in [3.05, 3.63) is 34.8 Å². The smallest absolute Gasteiger partial charge is 0.150 e. The zero-order valence-electron chi connectivity index (χ0n) is 8.02. The van der Waals surface area contributed by atoms with E-state index in [1.165, 1.54) is 6.07 Å². The van der Waals surface area contributed by atoms with Crippen LogP contribution < -0.4 is 0 Å². The summed E-state index contributed by atoms with van der Waals surface area (Å²) in [6.45, 7) is 3.79. The molecular formula is C11H10FNO. The number of aryl methyl sites for hydroxylation is 2. The first-order valence-electron chi connectivity index (χ1n) is 4.37. The third-order valence-corrected chi connectivity index (χ3v) is 2.53. The molecule has 72 valence electrons. The fourth-order valence-corrected chi connectivity index (χ4v) is 1.60. The van der Waals surface area contributed by atoms with Gasteiger partial charge in [0.05, 0.1) is 5.52 Å². The number of hydrogen-bond donors (Lipinski definition) is 1. The SMILES string of the molecule is Cc1[nH]c2c(F)cc(C=O)cc2c1C. The highest BCUT2D eigenvalue weighted by Crippen LogP contribution is 2.24. The van der Waals surface area contributed by atoms with Gasteiger partial charge in [-0.1, -0.05) is 0 Å². The highest BCUT2D eigenvalue weighted by molar-refractivity contribution is 5.90. The predicted molar refractivity (Wildman–Crippen MR) is 53.1 cm³/mol. The van der Waals surface area contributed by atoms with Crippen LogP contribution in [0.1, 0.15) is 21.6 Å². The molecule has 0 saturated carbocycles. The molecule has 0 radical (unpaired) electrons. The summed E-state index contributed by atoms with van der Waals surface area (Å²) < 4.78 is 13.4. The van der Waals surface area contributed by atoms with Crippen molar-refractivity contribution < 1.29 is 9.18 Å². The number of hydrogen-bond acceptors (Lipinski definition) is 1. The van der Waals surface area contributed by atoms with E-state index in [9.17, 15) is 9.18 Å². The minimum absolute atomic E-state index is 0.372. The molecule has 0 spiro atoms. The second-order valence-electron chi connectivity index (χ2n) is 3.42. The summed E-state index contributed by atoms with van der Waals surface area (Å²) in [4.78, 5) is 13.5. The molecule has 0 atom stereocenters. The van der Waals surface area contributed by atoms with Gasteiger partial charge in [-0.05, 0) is 31.5 Å². The topological polar surface area (TPSA) is 32.9 Å². The molecule has 0 unspecified atom stereocenters. The number of carbonyl (C=O) groups is 1. The maximum Gasteiger partial charge on any atom is 0.150 e. The lowest BCUT2D eigenvalue weighted by atomic mass is 10.1. The van der Waals surface area contributed by atoms with Gasteiger partial charge in [-0.25, -0.2) is 4.39 Å². The fraction of sp³-hybridized carbons (Fsp3) is 0.182. The summed E-state index contributed by atoms with van der Waals surface area (Å²) >= 11 is 0. The molecule has 1 heterocycles. The van der Waals surface area contributed by atoms with Crippen molar-refractivity contribution in [2.45, 2.75) is 13.8 Å². The Labute approximate surface area is 80.7 Å². The number of carbonyl (C=O) groups excluding carboxylic acids is 1. The van der Waals surface area contributed by atoms with Crippen molar-refractivity contribution in [3.63, 3.8) is 0 Å². The number of fused-ring (bicyclic) bond motifs is 1. The first kappa shape index (κ1) is 8.94. The van der Waals surface area contributed by atoms with Gasteiger partial charge in [0.2, 0.25) is 0 Å². The predicted octanol–water partition coefficient (Wildman–Crippen LogP) is 2.74. The molecule has 2 aromatic rings. The summed E-state index contributed by atoms with van der Waals surface area (Å²) in [6, 6.07) is 2.94. The summed E-state index contributed by atoms with van der Waals surface area (Å²) in [5.74, 6) is -0.374. The van der Waals surface area contributed by atoms with Crippen molar-refractivity contribution in [3.8, 4) is 0 Å². The number of rotatable bonds is 1. The molecule has 0 amide bonds. The van der Waals surface area contributed by atoms with Gasteiger partial charge in [-0.2, -0.15) is 0 Å². The highest BCUT2D eigenvalue weighted by Gasteiger charge is 2.09. The van der Waals surface area contributed by atoms with Gasteiger partial charge in [-0.3, -0.25) is 4.79 Å². The van der Waals surface area contributed by atoms with Crippen LogP contribution in [0.3, 0.4) is 0 Å². The average Bonchev–Trinajstić information content (AvgIpc) is 2.45. The van der Waals surface area contributed by atoms with Crippen LogP contribution in [0.4, 0.5) is 4.39 Å². The van der Waals surface area contributed by atoms with E-state index in [0.29, 0.717) is 17.4 Å². The molecule has 1 aromatic carbocycles. The molecule has 0 aliphatic heterocycles. The molecule has 0 fully saturated rings. The third kappa shape index (κ3) is 1.13. The maximum absolute atomic E-state index is 13.4. The van der Waals surface area contributed by atoms with E-state index in [2.05, 4.69) is 4.98 Å². The van der Waals surface area contributed by atoms with Crippen LogP contribution in [0.15, 0.2) is 12.1 Å². The normalized spacial score (nSPS) is 10.8. The Morgan fingerprint density at radius 2 is 2.07 bits per heavy atom. The third-order valence-electron chi connectivity index (χ3n) is 2.53. The van der Waals surface area contributed by atoms with Crippen LogP contribution in [0.5, 0.6) is 0 Å². The molecule has 3 heteroatoms. The van der Waals surface area contributed by atoms with Crippen LogP contribution in [0.25, 0.3) is 10.9 Å². The fourth-order valence-electron chi connectivity index (χ4n) is 1.60. The van der Waals surface area contributed by atoms with Crippen LogP contribution in [0, 0.1) is 19.7 Å². The van der Waals surface area contributed by atoms with E-state index in [1.807, 2.05) is 13.8 Å². The minimum atomic E-state index is -0.374. The number of halogens is 1. The monoisotopic (exact) mass is 191 g/mol. The molecule has 2 nitrogen and oxygen atoms in total. The molecule has 0 saturated heterocycles. The van der Waals surface area contributed by atoms with Crippen molar-refractivity contribution in [2.75, 3.05) is 0 Å². The maximum atomic E-state index is 13.4. The zero-order valence-corrected chi connectivity index (χ0v) is 8.02. The number of aromatic amines is 1. The molecule has 14 heavy (non-hydrogen) atoms. The Morgan fingerprint density at radius 1 is 1.36 bits per heavy atom. The Hall–Kier alpha value is -1.64. The van der Waals surface area contributed by atoms with Crippen molar-refractivity contribution in [1.82, 2.24) is 4.98 Å². The summed E-state index contributed by atoms with van der Waals surface area (Å²) in [5, 5.41) is 0.782. The number of H-pyrrole nitrogens is 1. The molecule has 0 aliphatic carbocycles. The van der Waals surface area contributed by atoms with Gasteiger partial charge in [-0.15, -0.1) is 0 Å². The van der Waals surface area contributed by atoms with Gasteiger partial charge in [0.1, 0.15) is 12.1 Å². The lowest BCUT2D eigenvalue weighted by Crippen LogP contribution is -1.84. The Balaban J connectivity index is 2.90. The first-order valence-corrected chi connectivity index (χ1v) is 4.37. The number of benzene rings is 1. The molecule has 1 N–H and O–H groups in total. The molecule has 2 rings (SSSR count). The molecule has 0 bridgehead atoms. The quantitative estimate of drug-likeness (QED) is 0.691. The standard InChI is InChI=1S/C11H10FNO/c1-6-7(2)13-11-9(6)3-8(5-14)4-10(11)12/h3-5,13H,1-2H3. The Kier molecular flexibility index (Phi) is 1.88. The van der Waals surface area contributed by atoms with E-state index >= 15 is 0 Å². The van der Waals surface area contributed by atoms with Crippen LogP contribution in [-0.4, -0.2) is 11.3 Å². The first-order chi connectivity index (χ1) is 6.63. The lowest BCUT2D eigenvalue weighted by Gasteiger charge is -1.95. The number of aldehydes is 1. The molecular weight excluding hydrogens is 181 g/mol. The second-order valence-corrected chi connectivity index (χ2v) is 3.42. The van der Waals surface area contributed by atoms with E-state index in [0.717, 1.165) is 16.6 Å². The number of aromatic nitrogens is 1. The average molecular weight is 191 g/mol. The van der Waals surface area contributed by atoms with Crippen LogP contribution >= 0.6 is 0 Å². The summed E-state index contributed by atoms with van der Waals surface area (Å²) in [6.07, 6.45) is 0.657. The van der Waals surface area contributed by atoms with Gasteiger partial charge in [0.25, 0.3) is 0 Å². The van der Waals surface area contributed by atoms with Crippen molar-refractivity contribution >= 4 is 17.2 Å². The summed E-state index contributed by atoms with van der Waals surface area (Å²) in [7, 11) is 0. The number of nitrogens with one attached hydrogen (secondary N) is 1. The Morgan fingerprint density at radius 3 is 2.71 bits per heavy atom. The molecule has 0 aliphatic rings. The minimum Gasteiger partial charge on any atom is -0.356 e. The van der Waals surface area contributed by atoms with E-state index < -0.39 is 0 Å². The highest BCUT2D eigenvalue weighted by atomic mass is 19.1. The Bertz CT molecular complexity index is 513. The van der Waals surface area contributed by atoms with E-state index in [1.54, 1.807) is 6.07 Å². The second kappa shape index (κ2) is 2.94. The zero-order chi connectivity index (χ0) is 10.3. The van der Waals surface area contributed by atoms with Crippen molar-refractivity contribution in [1.29, 1.82) is 0 Å². The van der Waals surface area contributed by atoms with Gasteiger partial charge in [0, 0.05) is 16.6 Å². The lowest BCUT2D eigenvalue weighted by molar-refractivity contribution is 0.112. The van der Waals surface area contributed by atoms with Gasteiger partial charge < -0.3 is 4.98 Å². The van der Waals surface area contributed by atoms with Gasteiger partial charge in [0.15, 0.2) is 0 Å². The van der Waals surface area contributed by atoms with Crippen LogP contribution in [0.2, 0.25) is 0 Å². The summed E-state index contributed by atoms with van der Waals surface area (Å²) in [5.41, 5.74) is 2.77. The van der Waals surface area contributed by atoms with Crippen molar-refractivity contribution in [2.24, 2.45) is 0 Å². The van der Waals surface area contributed by atoms with E-state index in [4.69, 9.17) is 0 Å². The molecule has 1 aromatic heterocycles. The van der Waals surface area contributed by atoms with Crippen LogP contribution in [-0.2, 0) is 0 Å². The van der Waals surface area contributed by atoms with Gasteiger partial charge >= 0.3 is 0 Å².